The number of aromatic nitrogens is 5. The van der Waals surface area contributed by atoms with Gasteiger partial charge >= 0.3 is 0 Å². The Balaban J connectivity index is 2.04. The number of nitrogen functional groups attached to an aromatic ring is 1. The number of fused-ring (bicyclic) bond motifs is 1. The minimum absolute atomic E-state index is 0.158. The summed E-state index contributed by atoms with van der Waals surface area (Å²) in [6, 6.07) is 10.9. The van der Waals surface area contributed by atoms with Gasteiger partial charge < -0.3 is 10.5 Å². The first-order valence-electron chi connectivity index (χ1n) is 8.49. The summed E-state index contributed by atoms with van der Waals surface area (Å²) in [5.74, 6) is 1.38. The summed E-state index contributed by atoms with van der Waals surface area (Å²) in [7, 11) is 1.71. The van der Waals surface area contributed by atoms with Crippen LogP contribution >= 0.6 is 0 Å². The van der Waals surface area contributed by atoms with Crippen molar-refractivity contribution in [3.63, 3.8) is 0 Å². The molecular formula is C19H18N6O2. The van der Waals surface area contributed by atoms with E-state index in [-0.39, 0.29) is 11.4 Å². The van der Waals surface area contributed by atoms with E-state index in [4.69, 9.17) is 10.5 Å². The quantitative estimate of drug-likeness (QED) is 0.597. The van der Waals surface area contributed by atoms with Crippen LogP contribution in [0.4, 0.5) is 5.82 Å². The molecule has 3 aromatic heterocycles. The van der Waals surface area contributed by atoms with Crippen LogP contribution in [0.3, 0.4) is 0 Å². The minimum atomic E-state index is -0.276. The van der Waals surface area contributed by atoms with Crippen LogP contribution in [0.25, 0.3) is 28.1 Å². The normalized spacial score (nSPS) is 11.0. The first-order valence-corrected chi connectivity index (χ1v) is 8.49. The molecule has 0 saturated heterocycles. The highest BCUT2D eigenvalue weighted by molar-refractivity contribution is 5.87. The molecule has 3 heterocycles. The lowest BCUT2D eigenvalue weighted by Crippen LogP contribution is -2.22. The molecule has 1 aromatic carbocycles. The zero-order chi connectivity index (χ0) is 19.0. The lowest BCUT2D eigenvalue weighted by Gasteiger charge is -2.13. The van der Waals surface area contributed by atoms with Crippen LogP contribution < -0.4 is 16.0 Å². The number of rotatable bonds is 4. The molecule has 0 aliphatic carbocycles. The number of hydrogen-bond acceptors (Lipinski definition) is 6. The Kier molecular flexibility index (Phi) is 4.08. The summed E-state index contributed by atoms with van der Waals surface area (Å²) in [5, 5.41) is 4.44. The van der Waals surface area contributed by atoms with Gasteiger partial charge in [-0.3, -0.25) is 14.3 Å². The third-order valence-electron chi connectivity index (χ3n) is 4.23. The van der Waals surface area contributed by atoms with Gasteiger partial charge in [-0.05, 0) is 43.3 Å². The maximum absolute atomic E-state index is 13.3. The Hall–Kier alpha value is -3.68. The van der Waals surface area contributed by atoms with Crippen molar-refractivity contribution in [3.05, 3.63) is 59.1 Å². The Morgan fingerprint density at radius 1 is 1.11 bits per heavy atom. The summed E-state index contributed by atoms with van der Waals surface area (Å²) < 4.78 is 8.54. The van der Waals surface area contributed by atoms with Gasteiger partial charge in [0, 0.05) is 25.0 Å². The van der Waals surface area contributed by atoms with Crippen LogP contribution in [0.1, 0.15) is 6.92 Å². The van der Waals surface area contributed by atoms with Crippen molar-refractivity contribution in [2.75, 3.05) is 12.3 Å². The molecule has 27 heavy (non-hydrogen) atoms. The number of nitrogens with two attached hydrogens (primary N) is 1. The fourth-order valence-corrected chi connectivity index (χ4v) is 3.02. The predicted molar refractivity (Wildman–Crippen MR) is 103 cm³/mol. The number of aryl methyl sites for hydroxylation is 1. The van der Waals surface area contributed by atoms with Crippen LogP contribution in [0.5, 0.6) is 5.75 Å². The number of pyridine rings is 1. The molecule has 2 N–H and O–H groups in total. The summed E-state index contributed by atoms with van der Waals surface area (Å²) >= 11 is 0. The van der Waals surface area contributed by atoms with Crippen LogP contribution in [0.15, 0.2) is 53.6 Å². The monoisotopic (exact) mass is 362 g/mol. The number of benzene rings is 1. The van der Waals surface area contributed by atoms with E-state index in [9.17, 15) is 4.79 Å². The van der Waals surface area contributed by atoms with Gasteiger partial charge in [-0.2, -0.15) is 5.10 Å². The van der Waals surface area contributed by atoms with Gasteiger partial charge in [-0.15, -0.1) is 0 Å². The highest BCUT2D eigenvalue weighted by Crippen LogP contribution is 2.24. The first-order chi connectivity index (χ1) is 13.1. The van der Waals surface area contributed by atoms with E-state index < -0.39 is 0 Å². The predicted octanol–water partition coefficient (Wildman–Crippen LogP) is 2.16. The second-order valence-electron chi connectivity index (χ2n) is 5.95. The lowest BCUT2D eigenvalue weighted by molar-refractivity contribution is 0.340. The van der Waals surface area contributed by atoms with Crippen LogP contribution in [0, 0.1) is 0 Å². The van der Waals surface area contributed by atoms with Gasteiger partial charge in [-0.25, -0.2) is 9.67 Å². The van der Waals surface area contributed by atoms with Crippen molar-refractivity contribution in [1.82, 2.24) is 24.3 Å². The largest absolute Gasteiger partial charge is 0.494 e. The van der Waals surface area contributed by atoms with Crippen molar-refractivity contribution < 1.29 is 4.74 Å². The highest BCUT2D eigenvalue weighted by atomic mass is 16.5. The van der Waals surface area contributed by atoms with E-state index in [1.165, 1.54) is 9.25 Å². The molecule has 0 aliphatic heterocycles. The topological polar surface area (TPSA) is 101 Å². The van der Waals surface area contributed by atoms with E-state index in [0.29, 0.717) is 29.2 Å². The van der Waals surface area contributed by atoms with E-state index >= 15 is 0 Å². The second-order valence-corrected chi connectivity index (χ2v) is 5.95. The number of nitrogens with zero attached hydrogens (tertiary/aromatic N) is 5. The molecule has 0 fully saturated rings. The van der Waals surface area contributed by atoms with Gasteiger partial charge in [-0.1, -0.05) is 0 Å². The zero-order valence-electron chi connectivity index (χ0n) is 15.0. The average Bonchev–Trinajstić information content (AvgIpc) is 2.97. The molecule has 136 valence electrons. The lowest BCUT2D eigenvalue weighted by atomic mass is 10.2. The Morgan fingerprint density at radius 2 is 1.81 bits per heavy atom. The Morgan fingerprint density at radius 3 is 2.48 bits per heavy atom. The van der Waals surface area contributed by atoms with Crippen LogP contribution in [0.2, 0.25) is 0 Å². The number of ether oxygens (including phenoxy) is 1. The minimum Gasteiger partial charge on any atom is -0.494 e. The highest BCUT2D eigenvalue weighted by Gasteiger charge is 2.19. The third-order valence-corrected chi connectivity index (χ3v) is 4.23. The summed E-state index contributed by atoms with van der Waals surface area (Å²) in [4.78, 5) is 22.0. The summed E-state index contributed by atoms with van der Waals surface area (Å²) in [6.45, 7) is 2.49. The molecule has 4 aromatic rings. The standard InChI is InChI=1S/C19H18N6O2/c1-3-27-14-6-4-13(5-7-14)25-17(12-8-10-21-11-9-12)22-18-15(19(25)26)16(20)23-24(18)2/h4-11H,3H2,1-2H3,(H2,20,23). The number of hydrogen-bond donors (Lipinski definition) is 1. The van der Waals surface area contributed by atoms with Crippen molar-refractivity contribution in [2.24, 2.45) is 7.05 Å². The van der Waals surface area contributed by atoms with E-state index in [2.05, 4.69) is 15.1 Å². The van der Waals surface area contributed by atoms with E-state index in [0.717, 1.165) is 11.3 Å². The molecule has 4 rings (SSSR count). The van der Waals surface area contributed by atoms with Crippen LogP contribution in [-0.2, 0) is 7.05 Å². The van der Waals surface area contributed by atoms with Gasteiger partial charge in [0.2, 0.25) is 0 Å². The average molecular weight is 362 g/mol. The molecule has 0 saturated carbocycles. The zero-order valence-corrected chi connectivity index (χ0v) is 15.0. The Bertz CT molecular complexity index is 1160. The molecule has 8 nitrogen and oxygen atoms in total. The number of anilines is 1. The van der Waals surface area contributed by atoms with Crippen molar-refractivity contribution >= 4 is 16.9 Å². The second kappa shape index (κ2) is 6.56. The SMILES string of the molecule is CCOc1ccc(-n2c(-c3ccncc3)nc3c(c(N)nn3C)c2=O)cc1. The molecular weight excluding hydrogens is 344 g/mol. The first kappa shape index (κ1) is 16.8. The molecule has 0 spiro atoms. The molecule has 8 heteroatoms. The molecule has 0 amide bonds. The van der Waals surface area contributed by atoms with Gasteiger partial charge in [0.15, 0.2) is 11.5 Å². The van der Waals surface area contributed by atoms with E-state index in [1.54, 1.807) is 31.6 Å². The molecule has 0 bridgehead atoms. The van der Waals surface area contributed by atoms with Gasteiger partial charge in [0.05, 0.1) is 12.3 Å². The summed E-state index contributed by atoms with van der Waals surface area (Å²) in [5.41, 5.74) is 7.54. The summed E-state index contributed by atoms with van der Waals surface area (Å²) in [6.07, 6.45) is 3.32. The van der Waals surface area contributed by atoms with Crippen molar-refractivity contribution in [3.8, 4) is 22.8 Å². The molecule has 0 unspecified atom stereocenters. The molecule has 0 aliphatic rings. The Labute approximate surface area is 154 Å². The van der Waals surface area contributed by atoms with E-state index in [1.807, 2.05) is 31.2 Å². The van der Waals surface area contributed by atoms with Gasteiger partial charge in [0.1, 0.15) is 17.0 Å². The smallest absolute Gasteiger partial charge is 0.271 e. The fraction of sp³-hybridized carbons (Fsp3) is 0.158. The maximum atomic E-state index is 13.3. The van der Waals surface area contributed by atoms with Crippen molar-refractivity contribution in [2.45, 2.75) is 6.92 Å². The molecule has 0 atom stereocenters. The molecule has 0 radical (unpaired) electrons. The maximum Gasteiger partial charge on any atom is 0.271 e. The van der Waals surface area contributed by atoms with Crippen LogP contribution in [-0.4, -0.2) is 30.9 Å². The van der Waals surface area contributed by atoms with Gasteiger partial charge in [0.25, 0.3) is 5.56 Å². The van der Waals surface area contributed by atoms with Crippen molar-refractivity contribution in [1.29, 1.82) is 0 Å². The third kappa shape index (κ3) is 2.80. The fourth-order valence-electron chi connectivity index (χ4n) is 3.02.